The van der Waals surface area contributed by atoms with Crippen LogP contribution in [0, 0.1) is 11.7 Å². The molecule has 1 N–H and O–H groups in total. The zero-order valence-electron chi connectivity index (χ0n) is 12.7. The van der Waals surface area contributed by atoms with Crippen LogP contribution in [-0.4, -0.2) is 34.0 Å². The summed E-state index contributed by atoms with van der Waals surface area (Å²) in [6.45, 7) is 1.14. The molecule has 23 heavy (non-hydrogen) atoms. The minimum atomic E-state index is -0.789. The second kappa shape index (κ2) is 6.87. The maximum atomic E-state index is 14.4. The van der Waals surface area contributed by atoms with E-state index in [2.05, 4.69) is 4.98 Å². The standard InChI is InChI=1S/C18H19FN2O2/c19-15-8-2-1-7-14(15)17(16-9-3-4-10-20-16)21-11-5-6-13(12-21)18(22)23/h1-4,7-10,13,17H,5-6,11-12H2,(H,22,23). The van der Waals surface area contributed by atoms with Gasteiger partial charge in [-0.1, -0.05) is 24.3 Å². The van der Waals surface area contributed by atoms with Crippen molar-refractivity contribution in [3.8, 4) is 0 Å². The third-order valence-corrected chi connectivity index (χ3v) is 4.33. The summed E-state index contributed by atoms with van der Waals surface area (Å²) >= 11 is 0. The lowest BCUT2D eigenvalue weighted by atomic mass is 9.93. The predicted octanol–water partition coefficient (Wildman–Crippen LogP) is 3.11. The van der Waals surface area contributed by atoms with Crippen LogP contribution in [0.2, 0.25) is 0 Å². The number of hydrogen-bond acceptors (Lipinski definition) is 3. The highest BCUT2D eigenvalue weighted by atomic mass is 19.1. The number of benzene rings is 1. The summed E-state index contributed by atoms with van der Waals surface area (Å²) in [6, 6.07) is 11.8. The minimum Gasteiger partial charge on any atom is -0.481 e. The highest BCUT2D eigenvalue weighted by Crippen LogP contribution is 2.32. The summed E-state index contributed by atoms with van der Waals surface area (Å²) < 4.78 is 14.4. The van der Waals surface area contributed by atoms with Gasteiger partial charge in [0.15, 0.2) is 0 Å². The average molecular weight is 314 g/mol. The number of rotatable bonds is 4. The number of pyridine rings is 1. The van der Waals surface area contributed by atoms with Gasteiger partial charge in [0.1, 0.15) is 5.82 Å². The monoisotopic (exact) mass is 314 g/mol. The van der Waals surface area contributed by atoms with Gasteiger partial charge in [-0.15, -0.1) is 0 Å². The maximum absolute atomic E-state index is 14.4. The van der Waals surface area contributed by atoms with Gasteiger partial charge in [-0.05, 0) is 37.6 Å². The van der Waals surface area contributed by atoms with E-state index in [9.17, 15) is 14.3 Å². The van der Waals surface area contributed by atoms with Crippen molar-refractivity contribution < 1.29 is 14.3 Å². The summed E-state index contributed by atoms with van der Waals surface area (Å²) in [5.41, 5.74) is 1.28. The summed E-state index contributed by atoms with van der Waals surface area (Å²) in [5, 5.41) is 9.32. The first-order valence-corrected chi connectivity index (χ1v) is 7.79. The molecule has 0 amide bonds. The van der Waals surface area contributed by atoms with Crippen LogP contribution in [0.3, 0.4) is 0 Å². The summed E-state index contributed by atoms with van der Waals surface area (Å²) in [4.78, 5) is 17.8. The third-order valence-electron chi connectivity index (χ3n) is 4.33. The molecular weight excluding hydrogens is 295 g/mol. The number of piperidine rings is 1. The van der Waals surface area contributed by atoms with E-state index in [1.54, 1.807) is 24.4 Å². The normalized spacial score (nSPS) is 20.1. The number of hydrogen-bond donors (Lipinski definition) is 1. The number of nitrogens with zero attached hydrogens (tertiary/aromatic N) is 2. The van der Waals surface area contributed by atoms with Gasteiger partial charge in [-0.25, -0.2) is 4.39 Å². The van der Waals surface area contributed by atoms with E-state index in [1.807, 2.05) is 23.1 Å². The molecule has 0 spiro atoms. The van der Waals surface area contributed by atoms with Crippen LogP contribution in [0.15, 0.2) is 48.7 Å². The molecule has 4 nitrogen and oxygen atoms in total. The molecule has 1 saturated heterocycles. The molecule has 0 radical (unpaired) electrons. The number of carboxylic acid groups (broad SMARTS) is 1. The molecule has 0 saturated carbocycles. The summed E-state index contributed by atoms with van der Waals surface area (Å²) in [5.74, 6) is -1.50. The SMILES string of the molecule is O=C(O)C1CCCN(C(c2ccccn2)c2ccccc2F)C1. The summed E-state index contributed by atoms with van der Waals surface area (Å²) in [7, 11) is 0. The molecule has 2 atom stereocenters. The number of halogens is 1. The van der Waals surface area contributed by atoms with Crippen LogP contribution in [0.4, 0.5) is 4.39 Å². The molecule has 1 fully saturated rings. The Morgan fingerprint density at radius 2 is 2.04 bits per heavy atom. The van der Waals surface area contributed by atoms with Gasteiger partial charge in [0.05, 0.1) is 17.7 Å². The molecule has 1 aliphatic rings. The molecule has 2 heterocycles. The van der Waals surface area contributed by atoms with E-state index in [4.69, 9.17) is 0 Å². The van der Waals surface area contributed by atoms with Crippen molar-refractivity contribution in [2.24, 2.45) is 5.92 Å². The van der Waals surface area contributed by atoms with E-state index >= 15 is 0 Å². The van der Waals surface area contributed by atoms with Crippen molar-refractivity contribution in [3.63, 3.8) is 0 Å². The topological polar surface area (TPSA) is 53.4 Å². The smallest absolute Gasteiger partial charge is 0.307 e. The fourth-order valence-electron chi connectivity index (χ4n) is 3.22. The van der Waals surface area contributed by atoms with Crippen LogP contribution < -0.4 is 0 Å². The number of aromatic nitrogens is 1. The lowest BCUT2D eigenvalue weighted by molar-refractivity contribution is -0.143. The van der Waals surface area contributed by atoms with E-state index < -0.39 is 11.9 Å². The largest absolute Gasteiger partial charge is 0.481 e. The number of aliphatic carboxylic acids is 1. The second-order valence-corrected chi connectivity index (χ2v) is 5.85. The van der Waals surface area contributed by atoms with Gasteiger partial charge in [-0.2, -0.15) is 0 Å². The Labute approximate surface area is 134 Å². The van der Waals surface area contributed by atoms with Crippen molar-refractivity contribution >= 4 is 5.97 Å². The molecule has 5 heteroatoms. The Bertz CT molecular complexity index is 678. The van der Waals surface area contributed by atoms with E-state index in [1.165, 1.54) is 6.07 Å². The molecular formula is C18H19FN2O2. The van der Waals surface area contributed by atoms with Gasteiger partial charge >= 0.3 is 5.97 Å². The highest BCUT2D eigenvalue weighted by molar-refractivity contribution is 5.70. The maximum Gasteiger partial charge on any atom is 0.307 e. The molecule has 2 unspecified atom stereocenters. The van der Waals surface area contributed by atoms with Crippen LogP contribution >= 0.6 is 0 Å². The van der Waals surface area contributed by atoms with E-state index in [-0.39, 0.29) is 11.9 Å². The third kappa shape index (κ3) is 3.40. The van der Waals surface area contributed by atoms with Gasteiger partial charge in [-0.3, -0.25) is 14.7 Å². The van der Waals surface area contributed by atoms with Gasteiger partial charge in [0.25, 0.3) is 0 Å². The minimum absolute atomic E-state index is 0.291. The Morgan fingerprint density at radius 3 is 2.74 bits per heavy atom. The molecule has 120 valence electrons. The lowest BCUT2D eigenvalue weighted by Crippen LogP contribution is -2.41. The zero-order valence-corrected chi connectivity index (χ0v) is 12.7. The van der Waals surface area contributed by atoms with Crippen molar-refractivity contribution in [1.82, 2.24) is 9.88 Å². The lowest BCUT2D eigenvalue weighted by Gasteiger charge is -2.37. The Hall–Kier alpha value is -2.27. The zero-order chi connectivity index (χ0) is 16.2. The molecule has 2 aromatic rings. The van der Waals surface area contributed by atoms with Crippen LogP contribution in [0.25, 0.3) is 0 Å². The quantitative estimate of drug-likeness (QED) is 0.942. The molecule has 1 aliphatic heterocycles. The molecule has 1 aromatic carbocycles. The van der Waals surface area contributed by atoms with E-state index in [0.717, 1.165) is 18.7 Å². The van der Waals surface area contributed by atoms with Crippen molar-refractivity contribution in [1.29, 1.82) is 0 Å². The first-order chi connectivity index (χ1) is 11.2. The number of carbonyl (C=O) groups is 1. The van der Waals surface area contributed by atoms with E-state index in [0.29, 0.717) is 18.5 Å². The Morgan fingerprint density at radius 1 is 1.26 bits per heavy atom. The van der Waals surface area contributed by atoms with Crippen molar-refractivity contribution in [3.05, 3.63) is 65.7 Å². The molecule has 3 rings (SSSR count). The Balaban J connectivity index is 1.99. The van der Waals surface area contributed by atoms with Crippen molar-refractivity contribution in [2.75, 3.05) is 13.1 Å². The van der Waals surface area contributed by atoms with Crippen molar-refractivity contribution in [2.45, 2.75) is 18.9 Å². The number of likely N-dealkylation sites (tertiary alicyclic amines) is 1. The molecule has 0 aliphatic carbocycles. The fourth-order valence-corrected chi connectivity index (χ4v) is 3.22. The van der Waals surface area contributed by atoms with Gasteiger partial charge in [0, 0.05) is 18.3 Å². The highest BCUT2D eigenvalue weighted by Gasteiger charge is 2.32. The Kier molecular flexibility index (Phi) is 4.67. The van der Waals surface area contributed by atoms with Crippen LogP contribution in [0.1, 0.15) is 30.1 Å². The fraction of sp³-hybridized carbons (Fsp3) is 0.333. The van der Waals surface area contributed by atoms with Gasteiger partial charge < -0.3 is 5.11 Å². The number of carboxylic acids is 1. The average Bonchev–Trinajstić information content (AvgIpc) is 2.58. The van der Waals surface area contributed by atoms with Gasteiger partial charge in [0.2, 0.25) is 0 Å². The van der Waals surface area contributed by atoms with Crippen LogP contribution in [0.5, 0.6) is 0 Å². The molecule has 0 bridgehead atoms. The first-order valence-electron chi connectivity index (χ1n) is 7.79. The van der Waals surface area contributed by atoms with Crippen LogP contribution in [-0.2, 0) is 4.79 Å². The predicted molar refractivity (Wildman–Crippen MR) is 84.4 cm³/mol. The molecule has 1 aromatic heterocycles. The first kappa shape index (κ1) is 15.6. The second-order valence-electron chi connectivity index (χ2n) is 5.85. The summed E-state index contributed by atoms with van der Waals surface area (Å²) in [6.07, 6.45) is 3.13.